The Hall–Kier alpha value is -1.88. The Morgan fingerprint density at radius 3 is 1.73 bits per heavy atom. The van der Waals surface area contributed by atoms with Crippen molar-refractivity contribution in [1.82, 2.24) is 0 Å². The van der Waals surface area contributed by atoms with Crippen molar-refractivity contribution < 1.29 is 18.9 Å². The van der Waals surface area contributed by atoms with E-state index in [0.717, 1.165) is 5.75 Å². The van der Waals surface area contributed by atoms with Crippen molar-refractivity contribution in [1.29, 1.82) is 0 Å². The van der Waals surface area contributed by atoms with E-state index in [4.69, 9.17) is 18.9 Å². The summed E-state index contributed by atoms with van der Waals surface area (Å²) in [6.07, 6.45) is 0. The lowest BCUT2D eigenvalue weighted by Gasteiger charge is -2.27. The third kappa shape index (κ3) is 9.75. The molecule has 168 valence electrons. The Morgan fingerprint density at radius 2 is 1.30 bits per heavy atom. The molecule has 4 nitrogen and oxygen atoms in total. The summed E-state index contributed by atoms with van der Waals surface area (Å²) in [4.78, 5) is 0. The summed E-state index contributed by atoms with van der Waals surface area (Å²) >= 11 is 0. The molecule has 0 saturated heterocycles. The fraction of sp³-hybridized carbons (Fsp3) is 0.538. The van der Waals surface area contributed by atoms with E-state index < -0.39 is 0 Å². The topological polar surface area (TPSA) is 36.9 Å². The van der Waals surface area contributed by atoms with E-state index in [1.807, 2.05) is 12.1 Å². The largest absolute Gasteiger partial charge is 0.491 e. The number of methoxy groups -OCH3 is 3. The van der Waals surface area contributed by atoms with Crippen LogP contribution in [0.25, 0.3) is 0 Å². The first-order valence-corrected chi connectivity index (χ1v) is 10.5. The van der Waals surface area contributed by atoms with Gasteiger partial charge in [0.2, 0.25) is 0 Å². The average Bonchev–Trinajstić information content (AvgIpc) is 2.68. The van der Waals surface area contributed by atoms with Crippen LogP contribution in [-0.2, 0) is 27.4 Å². The van der Waals surface area contributed by atoms with Gasteiger partial charge >= 0.3 is 0 Å². The van der Waals surface area contributed by atoms with Crippen molar-refractivity contribution >= 4 is 0 Å². The third-order valence-corrected chi connectivity index (χ3v) is 5.05. The number of rotatable bonds is 9. The highest BCUT2D eigenvalue weighted by atomic mass is 16.5. The van der Waals surface area contributed by atoms with Gasteiger partial charge in [0.15, 0.2) is 0 Å². The average molecular weight is 417 g/mol. The second-order valence-electron chi connectivity index (χ2n) is 8.69. The summed E-state index contributed by atoms with van der Waals surface area (Å²) in [6.45, 7) is 13.7. The molecule has 0 aliphatic carbocycles. The SMILES string of the molecule is COCCOc1ccc(C(C)C(C)(C)C)cc1.COCc1cc(C)cc(COC)c1. The maximum Gasteiger partial charge on any atom is 0.119 e. The molecule has 0 saturated carbocycles. The predicted octanol–water partition coefficient (Wildman–Crippen LogP) is 6.15. The first kappa shape index (κ1) is 26.2. The van der Waals surface area contributed by atoms with E-state index in [0.29, 0.717) is 37.8 Å². The molecule has 0 aromatic heterocycles. The quantitative estimate of drug-likeness (QED) is 0.460. The van der Waals surface area contributed by atoms with Crippen LogP contribution in [0.4, 0.5) is 0 Å². The van der Waals surface area contributed by atoms with Crippen molar-refractivity contribution in [2.45, 2.75) is 53.8 Å². The molecule has 1 unspecified atom stereocenters. The van der Waals surface area contributed by atoms with E-state index in [2.05, 4.69) is 65.0 Å². The van der Waals surface area contributed by atoms with Gasteiger partial charge in [0.1, 0.15) is 12.4 Å². The molecular formula is C26H40O4. The van der Waals surface area contributed by atoms with Crippen molar-refractivity contribution in [3.63, 3.8) is 0 Å². The molecule has 4 heteroatoms. The fourth-order valence-electron chi connectivity index (χ4n) is 3.04. The molecule has 0 bridgehead atoms. The third-order valence-electron chi connectivity index (χ3n) is 5.05. The van der Waals surface area contributed by atoms with Gasteiger partial charge in [0.25, 0.3) is 0 Å². The van der Waals surface area contributed by atoms with Gasteiger partial charge in [-0.25, -0.2) is 0 Å². The standard InChI is InChI=1S/C15H24O2.C11H16O2/c1-12(15(2,3)4)13-6-8-14(9-7-13)17-11-10-16-5;1-9-4-10(7-12-2)6-11(5-9)8-13-3/h6-9,12H,10-11H2,1-5H3;4-6H,7-8H2,1-3H3. The van der Waals surface area contributed by atoms with Crippen molar-refractivity contribution in [2.75, 3.05) is 34.5 Å². The Bertz CT molecular complexity index is 693. The highest BCUT2D eigenvalue weighted by Crippen LogP contribution is 2.34. The molecule has 0 fully saturated rings. The van der Waals surface area contributed by atoms with Gasteiger partial charge in [0, 0.05) is 21.3 Å². The van der Waals surface area contributed by atoms with Crippen molar-refractivity contribution in [2.24, 2.45) is 5.41 Å². The van der Waals surface area contributed by atoms with Gasteiger partial charge in [-0.05, 0) is 47.1 Å². The molecule has 0 aliphatic rings. The predicted molar refractivity (Wildman–Crippen MR) is 124 cm³/mol. The van der Waals surface area contributed by atoms with E-state index in [1.165, 1.54) is 22.3 Å². The van der Waals surface area contributed by atoms with Crippen LogP contribution in [0.15, 0.2) is 42.5 Å². The molecular weight excluding hydrogens is 376 g/mol. The zero-order valence-corrected chi connectivity index (χ0v) is 20.1. The fourth-order valence-corrected chi connectivity index (χ4v) is 3.04. The van der Waals surface area contributed by atoms with Crippen LogP contribution in [0, 0.1) is 12.3 Å². The lowest BCUT2D eigenvalue weighted by atomic mass is 9.78. The summed E-state index contributed by atoms with van der Waals surface area (Å²) in [5.41, 5.74) is 5.31. The normalized spacial score (nSPS) is 12.1. The van der Waals surface area contributed by atoms with Crippen LogP contribution < -0.4 is 4.74 Å². The van der Waals surface area contributed by atoms with E-state index in [1.54, 1.807) is 21.3 Å². The molecule has 0 amide bonds. The van der Waals surface area contributed by atoms with Gasteiger partial charge < -0.3 is 18.9 Å². The van der Waals surface area contributed by atoms with Crippen LogP contribution >= 0.6 is 0 Å². The molecule has 0 heterocycles. The molecule has 1 atom stereocenters. The smallest absolute Gasteiger partial charge is 0.119 e. The minimum Gasteiger partial charge on any atom is -0.491 e. The molecule has 2 rings (SSSR count). The molecule has 0 radical (unpaired) electrons. The second kappa shape index (κ2) is 13.4. The van der Waals surface area contributed by atoms with Crippen LogP contribution in [-0.4, -0.2) is 34.5 Å². The number of benzene rings is 2. The van der Waals surface area contributed by atoms with Crippen LogP contribution in [0.2, 0.25) is 0 Å². The maximum atomic E-state index is 5.54. The van der Waals surface area contributed by atoms with Gasteiger partial charge in [-0.1, -0.05) is 63.6 Å². The first-order chi connectivity index (χ1) is 14.2. The lowest BCUT2D eigenvalue weighted by Crippen LogP contribution is -2.15. The molecule has 30 heavy (non-hydrogen) atoms. The summed E-state index contributed by atoms with van der Waals surface area (Å²) in [7, 11) is 5.09. The highest BCUT2D eigenvalue weighted by molar-refractivity contribution is 5.30. The zero-order chi connectivity index (χ0) is 22.6. The molecule has 2 aromatic rings. The van der Waals surface area contributed by atoms with Crippen molar-refractivity contribution in [3.05, 3.63) is 64.7 Å². The van der Waals surface area contributed by atoms with Crippen LogP contribution in [0.1, 0.15) is 55.9 Å². The number of hydrogen-bond donors (Lipinski definition) is 0. The van der Waals surface area contributed by atoms with Gasteiger partial charge in [-0.3, -0.25) is 0 Å². The van der Waals surface area contributed by atoms with Crippen molar-refractivity contribution in [3.8, 4) is 5.75 Å². The van der Waals surface area contributed by atoms with E-state index >= 15 is 0 Å². The van der Waals surface area contributed by atoms with Crippen LogP contribution in [0.3, 0.4) is 0 Å². The first-order valence-electron chi connectivity index (χ1n) is 10.5. The lowest BCUT2D eigenvalue weighted by molar-refractivity contribution is 0.146. The number of aryl methyl sites for hydroxylation is 1. The highest BCUT2D eigenvalue weighted by Gasteiger charge is 2.21. The minimum atomic E-state index is 0.290. The minimum absolute atomic E-state index is 0.290. The Morgan fingerprint density at radius 1 is 0.767 bits per heavy atom. The molecule has 0 spiro atoms. The zero-order valence-electron chi connectivity index (χ0n) is 20.1. The Labute approximate surface area is 183 Å². The van der Waals surface area contributed by atoms with E-state index in [9.17, 15) is 0 Å². The second-order valence-corrected chi connectivity index (χ2v) is 8.69. The Kier molecular flexibility index (Phi) is 11.7. The number of ether oxygens (including phenoxy) is 4. The summed E-state index contributed by atoms with van der Waals surface area (Å²) in [5, 5.41) is 0. The molecule has 2 aromatic carbocycles. The monoisotopic (exact) mass is 416 g/mol. The molecule has 0 aliphatic heterocycles. The maximum absolute atomic E-state index is 5.54. The summed E-state index contributed by atoms with van der Waals surface area (Å²) in [6, 6.07) is 14.7. The molecule has 0 N–H and O–H groups in total. The number of hydrogen-bond acceptors (Lipinski definition) is 4. The van der Waals surface area contributed by atoms with Gasteiger partial charge in [-0.15, -0.1) is 0 Å². The van der Waals surface area contributed by atoms with Gasteiger partial charge in [-0.2, -0.15) is 0 Å². The summed E-state index contributed by atoms with van der Waals surface area (Å²) < 4.78 is 20.6. The van der Waals surface area contributed by atoms with Gasteiger partial charge in [0.05, 0.1) is 19.8 Å². The van der Waals surface area contributed by atoms with E-state index in [-0.39, 0.29) is 0 Å². The van der Waals surface area contributed by atoms with Crippen LogP contribution in [0.5, 0.6) is 5.75 Å². The Balaban J connectivity index is 0.000000311. The summed E-state index contributed by atoms with van der Waals surface area (Å²) in [5.74, 6) is 1.45.